The van der Waals surface area contributed by atoms with Crippen LogP contribution >= 0.6 is 11.6 Å². The van der Waals surface area contributed by atoms with Gasteiger partial charge in [-0.15, -0.1) is 0 Å². The molecule has 2 N–H and O–H groups in total. The first-order valence-corrected chi connectivity index (χ1v) is 10.0. The van der Waals surface area contributed by atoms with E-state index in [0.717, 1.165) is 47.7 Å². The minimum absolute atomic E-state index is 0.440. The maximum Gasteiger partial charge on any atom is 0.227 e. The van der Waals surface area contributed by atoms with Crippen LogP contribution in [0.2, 0.25) is 0 Å². The van der Waals surface area contributed by atoms with Gasteiger partial charge in [-0.05, 0) is 23.3 Å². The minimum atomic E-state index is 0.440. The van der Waals surface area contributed by atoms with Crippen molar-refractivity contribution < 1.29 is 4.74 Å². The van der Waals surface area contributed by atoms with Gasteiger partial charge in [-0.3, -0.25) is 5.10 Å². The van der Waals surface area contributed by atoms with E-state index in [1.165, 1.54) is 5.56 Å². The molecule has 0 amide bonds. The van der Waals surface area contributed by atoms with Crippen LogP contribution in [0.1, 0.15) is 11.3 Å². The van der Waals surface area contributed by atoms with Gasteiger partial charge in [0, 0.05) is 31.1 Å². The lowest BCUT2D eigenvalue weighted by molar-refractivity contribution is 0.414. The fraction of sp³-hybridized carbons (Fsp3) is 0.227. The first-order chi connectivity index (χ1) is 14.6. The number of nitrogens with one attached hydrogen (secondary N) is 2. The lowest BCUT2D eigenvalue weighted by Crippen LogP contribution is -2.29. The summed E-state index contributed by atoms with van der Waals surface area (Å²) in [4.78, 5) is 11.6. The first-order valence-electron chi connectivity index (χ1n) is 9.63. The number of methoxy groups -OCH3 is 1. The second-order valence-electron chi connectivity index (χ2n) is 6.93. The minimum Gasteiger partial charge on any atom is -0.497 e. The van der Waals surface area contributed by atoms with E-state index in [1.807, 2.05) is 12.1 Å². The molecule has 0 unspecified atom stereocenters. The molecule has 7 nitrogen and oxygen atoms in total. The number of aromatic amines is 1. The van der Waals surface area contributed by atoms with Crippen LogP contribution in [0.25, 0.3) is 11.0 Å². The van der Waals surface area contributed by atoms with Crippen molar-refractivity contribution in [2.24, 2.45) is 0 Å². The number of benzene rings is 1. The Bertz CT molecular complexity index is 1120. The summed E-state index contributed by atoms with van der Waals surface area (Å²) in [6.07, 6.45) is 4.15. The van der Waals surface area contributed by atoms with Crippen molar-refractivity contribution >= 4 is 34.4 Å². The number of nitrogens with zero attached hydrogens (tertiary/aromatic N) is 4. The van der Waals surface area contributed by atoms with Gasteiger partial charge >= 0.3 is 0 Å². The Morgan fingerprint density at radius 1 is 1.27 bits per heavy atom. The molecule has 8 heteroatoms. The lowest BCUT2D eigenvalue weighted by Gasteiger charge is -2.28. The summed E-state index contributed by atoms with van der Waals surface area (Å²) < 4.78 is 5.26. The highest BCUT2D eigenvalue weighted by atomic mass is 35.5. The molecule has 3 aromatic rings. The van der Waals surface area contributed by atoms with Gasteiger partial charge in [0.05, 0.1) is 18.2 Å². The number of aromatic nitrogens is 4. The maximum absolute atomic E-state index is 6.17. The molecular weight excluding hydrogens is 400 g/mol. The van der Waals surface area contributed by atoms with Crippen LogP contribution < -0.4 is 15.0 Å². The van der Waals surface area contributed by atoms with Gasteiger partial charge in [0.1, 0.15) is 11.6 Å². The van der Waals surface area contributed by atoms with E-state index >= 15 is 0 Å². The first kappa shape index (κ1) is 20.0. The number of rotatable bonds is 8. The van der Waals surface area contributed by atoms with Crippen molar-refractivity contribution in [2.75, 3.05) is 30.4 Å². The second-order valence-corrected chi connectivity index (χ2v) is 7.33. The molecule has 0 fully saturated rings. The van der Waals surface area contributed by atoms with Crippen LogP contribution in [0, 0.1) is 0 Å². The molecule has 0 aliphatic carbocycles. The average Bonchev–Trinajstić information content (AvgIpc) is 3.20. The number of hydrogen-bond donors (Lipinski definition) is 2. The molecule has 1 aromatic carbocycles. The SMILES string of the molecule is C=C/C(Cl)=C(\C=C)CNc1nc2c3c([nH]nc3n1)CCN2Cc1ccc(OC)cc1. The normalized spacial score (nSPS) is 13.7. The smallest absolute Gasteiger partial charge is 0.227 e. The van der Waals surface area contributed by atoms with E-state index in [1.54, 1.807) is 19.3 Å². The Hall–Kier alpha value is -3.32. The van der Waals surface area contributed by atoms with Crippen LogP contribution in [0.3, 0.4) is 0 Å². The molecule has 0 atom stereocenters. The van der Waals surface area contributed by atoms with Crippen LogP contribution in [-0.2, 0) is 13.0 Å². The van der Waals surface area contributed by atoms with Gasteiger partial charge in [-0.25, -0.2) is 0 Å². The quantitative estimate of drug-likeness (QED) is 0.529. The molecule has 1 aliphatic heterocycles. The molecule has 0 bridgehead atoms. The Balaban J connectivity index is 1.63. The van der Waals surface area contributed by atoms with Gasteiger partial charge in [0.15, 0.2) is 5.65 Å². The van der Waals surface area contributed by atoms with Crippen LogP contribution in [0.4, 0.5) is 11.8 Å². The van der Waals surface area contributed by atoms with Crippen molar-refractivity contribution in [3.63, 3.8) is 0 Å². The zero-order valence-electron chi connectivity index (χ0n) is 16.8. The third-order valence-corrected chi connectivity index (χ3v) is 5.50. The third-order valence-electron chi connectivity index (χ3n) is 5.10. The van der Waals surface area contributed by atoms with Gasteiger partial charge in [0.2, 0.25) is 5.95 Å². The topological polar surface area (TPSA) is 79.0 Å². The summed E-state index contributed by atoms with van der Waals surface area (Å²) in [5, 5.41) is 12.2. The van der Waals surface area contributed by atoms with Crippen molar-refractivity contribution in [3.8, 4) is 5.75 Å². The average molecular weight is 423 g/mol. The van der Waals surface area contributed by atoms with Gasteiger partial charge in [-0.2, -0.15) is 15.1 Å². The number of anilines is 2. The standard InChI is InChI=1S/C22H23ClN6O/c1-4-15(17(23)5-2)12-24-22-25-20-19-18(27-28-20)10-11-29(21(19)26-22)13-14-6-8-16(30-3)9-7-14/h4-9H,1-2,10-13H2,3H3,(H2,24,25,26,27,28)/b17-15-. The molecule has 2 aromatic heterocycles. The largest absolute Gasteiger partial charge is 0.497 e. The number of halogens is 1. The van der Waals surface area contributed by atoms with E-state index in [4.69, 9.17) is 21.3 Å². The Morgan fingerprint density at radius 3 is 2.77 bits per heavy atom. The van der Waals surface area contributed by atoms with Gasteiger partial charge < -0.3 is 15.0 Å². The van der Waals surface area contributed by atoms with E-state index < -0.39 is 0 Å². The molecular formula is C22H23ClN6O. The molecule has 154 valence electrons. The van der Waals surface area contributed by atoms with Crippen LogP contribution in [0.15, 0.2) is 60.2 Å². The van der Waals surface area contributed by atoms with Crippen LogP contribution in [0.5, 0.6) is 5.75 Å². The summed E-state index contributed by atoms with van der Waals surface area (Å²) >= 11 is 6.17. The van der Waals surface area contributed by atoms with E-state index in [2.05, 4.69) is 50.7 Å². The number of hydrogen-bond acceptors (Lipinski definition) is 6. The predicted octanol–water partition coefficient (Wildman–Crippen LogP) is 4.20. The number of allylic oxidation sites excluding steroid dienone is 2. The zero-order chi connectivity index (χ0) is 21.1. The summed E-state index contributed by atoms with van der Waals surface area (Å²) in [6, 6.07) is 8.08. The zero-order valence-corrected chi connectivity index (χ0v) is 17.5. The monoisotopic (exact) mass is 422 g/mol. The van der Waals surface area contributed by atoms with Crippen molar-refractivity contribution in [3.05, 3.63) is 71.4 Å². The molecule has 4 rings (SSSR count). The molecule has 0 radical (unpaired) electrons. The molecule has 0 spiro atoms. The van der Waals surface area contributed by atoms with E-state index in [-0.39, 0.29) is 0 Å². The Labute approximate surface area is 180 Å². The maximum atomic E-state index is 6.17. The Kier molecular flexibility index (Phi) is 5.72. The fourth-order valence-corrected chi connectivity index (χ4v) is 3.61. The number of ether oxygens (including phenoxy) is 1. The number of H-pyrrole nitrogens is 1. The fourth-order valence-electron chi connectivity index (χ4n) is 3.47. The van der Waals surface area contributed by atoms with E-state index in [9.17, 15) is 0 Å². The van der Waals surface area contributed by atoms with Crippen molar-refractivity contribution in [2.45, 2.75) is 13.0 Å². The highest BCUT2D eigenvalue weighted by Crippen LogP contribution is 2.32. The second kappa shape index (κ2) is 8.59. The molecule has 30 heavy (non-hydrogen) atoms. The summed E-state index contributed by atoms with van der Waals surface area (Å²) in [5.41, 5.74) is 3.72. The highest BCUT2D eigenvalue weighted by molar-refractivity contribution is 6.31. The molecule has 0 saturated heterocycles. The highest BCUT2D eigenvalue weighted by Gasteiger charge is 2.24. The molecule has 1 aliphatic rings. The summed E-state index contributed by atoms with van der Waals surface area (Å²) in [6.45, 7) is 9.52. The summed E-state index contributed by atoms with van der Waals surface area (Å²) in [5.74, 6) is 2.20. The van der Waals surface area contributed by atoms with Crippen molar-refractivity contribution in [1.29, 1.82) is 0 Å². The van der Waals surface area contributed by atoms with Gasteiger partial charge in [-0.1, -0.05) is 49.0 Å². The Morgan fingerprint density at radius 2 is 2.07 bits per heavy atom. The summed E-state index contributed by atoms with van der Waals surface area (Å²) in [7, 11) is 1.67. The van der Waals surface area contributed by atoms with Gasteiger partial charge in [0.25, 0.3) is 0 Å². The van der Waals surface area contributed by atoms with E-state index in [0.29, 0.717) is 23.2 Å². The molecule has 3 heterocycles. The molecule has 0 saturated carbocycles. The van der Waals surface area contributed by atoms with Crippen molar-refractivity contribution in [1.82, 2.24) is 20.2 Å². The van der Waals surface area contributed by atoms with Crippen LogP contribution in [-0.4, -0.2) is 40.4 Å². The third kappa shape index (κ3) is 3.89. The lowest BCUT2D eigenvalue weighted by atomic mass is 10.1. The predicted molar refractivity (Wildman–Crippen MR) is 121 cm³/mol.